The molecule has 1 rings (SSSR count). The fourth-order valence-electron chi connectivity index (χ4n) is 2.18. The van der Waals surface area contributed by atoms with Crippen molar-refractivity contribution >= 4 is 6.29 Å². The molecule has 0 fully saturated rings. The van der Waals surface area contributed by atoms with Gasteiger partial charge in [-0.2, -0.15) is 0 Å². The molecule has 1 unspecified atom stereocenters. The normalized spacial score (nSPS) is 12.2. The molecule has 0 spiro atoms. The molecule has 0 radical (unpaired) electrons. The molecule has 0 heterocycles. The highest BCUT2D eigenvalue weighted by Crippen LogP contribution is 2.15. The van der Waals surface area contributed by atoms with Gasteiger partial charge in [0, 0.05) is 18.2 Å². The number of aldehydes is 1. The van der Waals surface area contributed by atoms with Crippen LogP contribution in [0.15, 0.2) is 43.5 Å². The topological polar surface area (TPSA) is 20.3 Å². The molecule has 0 aliphatic rings. The molecule has 2 heteroatoms. The SMILES string of the molecule is C=CCCC(C=C)N(C)Cc1cc(C)ccc1C=O. The molecule has 0 amide bonds. The van der Waals surface area contributed by atoms with Crippen LogP contribution in [0.3, 0.4) is 0 Å². The summed E-state index contributed by atoms with van der Waals surface area (Å²) in [7, 11) is 2.06. The van der Waals surface area contributed by atoms with Crippen LogP contribution in [-0.2, 0) is 6.54 Å². The van der Waals surface area contributed by atoms with Gasteiger partial charge in [-0.1, -0.05) is 35.9 Å². The summed E-state index contributed by atoms with van der Waals surface area (Å²) in [6.07, 6.45) is 6.78. The average molecular weight is 257 g/mol. The second-order valence-corrected chi connectivity index (χ2v) is 4.90. The quantitative estimate of drug-likeness (QED) is 0.522. The fraction of sp³-hybridized carbons (Fsp3) is 0.353. The maximum Gasteiger partial charge on any atom is 0.150 e. The van der Waals surface area contributed by atoms with E-state index in [-0.39, 0.29) is 0 Å². The number of hydrogen-bond donors (Lipinski definition) is 0. The molecule has 0 aromatic heterocycles. The second-order valence-electron chi connectivity index (χ2n) is 4.90. The minimum atomic E-state index is 0.304. The average Bonchev–Trinajstić information content (AvgIpc) is 2.40. The minimum absolute atomic E-state index is 0.304. The van der Waals surface area contributed by atoms with Gasteiger partial charge >= 0.3 is 0 Å². The first-order valence-electron chi connectivity index (χ1n) is 6.60. The van der Waals surface area contributed by atoms with Gasteiger partial charge in [0.25, 0.3) is 0 Å². The number of hydrogen-bond acceptors (Lipinski definition) is 2. The lowest BCUT2D eigenvalue weighted by molar-refractivity contribution is 0.112. The van der Waals surface area contributed by atoms with E-state index in [9.17, 15) is 4.79 Å². The molecular formula is C17H23NO. The van der Waals surface area contributed by atoms with Gasteiger partial charge in [0.05, 0.1) is 0 Å². The Kier molecular flexibility index (Phi) is 6.23. The summed E-state index contributed by atoms with van der Waals surface area (Å²) < 4.78 is 0. The van der Waals surface area contributed by atoms with E-state index in [0.29, 0.717) is 6.04 Å². The summed E-state index contributed by atoms with van der Waals surface area (Å²) in [6, 6.07) is 6.24. The Morgan fingerprint density at radius 1 is 1.37 bits per heavy atom. The zero-order valence-electron chi connectivity index (χ0n) is 11.9. The molecule has 0 bridgehead atoms. The van der Waals surface area contributed by atoms with E-state index in [0.717, 1.165) is 36.8 Å². The van der Waals surface area contributed by atoms with Crippen molar-refractivity contribution in [2.45, 2.75) is 32.4 Å². The van der Waals surface area contributed by atoms with Crippen LogP contribution in [0.25, 0.3) is 0 Å². The van der Waals surface area contributed by atoms with E-state index in [1.807, 2.05) is 31.2 Å². The predicted octanol–water partition coefficient (Wildman–Crippen LogP) is 3.76. The lowest BCUT2D eigenvalue weighted by Gasteiger charge is -2.25. The van der Waals surface area contributed by atoms with Crippen molar-refractivity contribution in [3.8, 4) is 0 Å². The predicted molar refractivity (Wildman–Crippen MR) is 81.4 cm³/mol. The summed E-state index contributed by atoms with van der Waals surface area (Å²) >= 11 is 0. The van der Waals surface area contributed by atoms with E-state index >= 15 is 0 Å². The number of rotatable bonds is 8. The van der Waals surface area contributed by atoms with Gasteiger partial charge in [0.15, 0.2) is 0 Å². The number of likely N-dealkylation sites (N-methyl/N-ethyl adjacent to an activating group) is 1. The largest absolute Gasteiger partial charge is 0.298 e. The first kappa shape index (κ1) is 15.4. The van der Waals surface area contributed by atoms with Crippen LogP contribution in [0.5, 0.6) is 0 Å². The van der Waals surface area contributed by atoms with Crippen molar-refractivity contribution in [3.63, 3.8) is 0 Å². The summed E-state index contributed by atoms with van der Waals surface area (Å²) in [5.41, 5.74) is 3.02. The first-order chi connectivity index (χ1) is 9.12. The number of allylic oxidation sites excluding steroid dienone is 1. The molecule has 102 valence electrons. The smallest absolute Gasteiger partial charge is 0.150 e. The van der Waals surface area contributed by atoms with Crippen LogP contribution in [-0.4, -0.2) is 24.3 Å². The van der Waals surface area contributed by atoms with Gasteiger partial charge in [0.1, 0.15) is 6.29 Å². The second kappa shape index (κ2) is 7.70. The molecular weight excluding hydrogens is 234 g/mol. The minimum Gasteiger partial charge on any atom is -0.298 e. The molecule has 1 aromatic rings. The third kappa shape index (κ3) is 4.49. The van der Waals surface area contributed by atoms with Crippen molar-refractivity contribution in [3.05, 3.63) is 60.2 Å². The van der Waals surface area contributed by atoms with E-state index in [1.165, 1.54) is 5.56 Å². The standard InChI is InChI=1S/C17H23NO/c1-5-7-8-17(6-2)18(4)12-16-11-14(3)9-10-15(16)13-19/h5-6,9-11,13,17H,1-2,7-8,12H2,3-4H3. The third-order valence-electron chi connectivity index (χ3n) is 3.35. The third-order valence-corrected chi connectivity index (χ3v) is 3.35. The zero-order valence-corrected chi connectivity index (χ0v) is 11.9. The maximum atomic E-state index is 11.1. The van der Waals surface area contributed by atoms with Crippen LogP contribution < -0.4 is 0 Å². The Balaban J connectivity index is 2.82. The summed E-state index contributed by atoms with van der Waals surface area (Å²) in [4.78, 5) is 13.3. The number of aryl methyl sites for hydroxylation is 1. The van der Waals surface area contributed by atoms with Crippen molar-refractivity contribution in [1.82, 2.24) is 4.90 Å². The fourth-order valence-corrected chi connectivity index (χ4v) is 2.18. The monoisotopic (exact) mass is 257 g/mol. The summed E-state index contributed by atoms with van der Waals surface area (Å²) in [5, 5.41) is 0. The summed E-state index contributed by atoms with van der Waals surface area (Å²) in [5.74, 6) is 0. The number of carbonyl (C=O) groups is 1. The highest BCUT2D eigenvalue weighted by molar-refractivity contribution is 5.77. The van der Waals surface area contributed by atoms with E-state index in [4.69, 9.17) is 0 Å². The number of carbonyl (C=O) groups excluding carboxylic acids is 1. The van der Waals surface area contributed by atoms with Gasteiger partial charge in [0.2, 0.25) is 0 Å². The van der Waals surface area contributed by atoms with Gasteiger partial charge in [-0.15, -0.1) is 13.2 Å². The number of benzene rings is 1. The Morgan fingerprint density at radius 3 is 2.68 bits per heavy atom. The van der Waals surface area contributed by atoms with Crippen LogP contribution in [0, 0.1) is 6.92 Å². The molecule has 0 saturated heterocycles. The van der Waals surface area contributed by atoms with Gasteiger partial charge in [-0.3, -0.25) is 9.69 Å². The molecule has 1 aromatic carbocycles. The Labute approximate surface area is 116 Å². The lowest BCUT2D eigenvalue weighted by atomic mass is 10.0. The van der Waals surface area contributed by atoms with Crippen LogP contribution >= 0.6 is 0 Å². The van der Waals surface area contributed by atoms with E-state index in [1.54, 1.807) is 0 Å². The van der Waals surface area contributed by atoms with Gasteiger partial charge in [-0.05, 0) is 32.4 Å². The zero-order chi connectivity index (χ0) is 14.3. The highest BCUT2D eigenvalue weighted by Gasteiger charge is 2.12. The number of nitrogens with zero attached hydrogens (tertiary/aromatic N) is 1. The first-order valence-corrected chi connectivity index (χ1v) is 6.60. The van der Waals surface area contributed by atoms with E-state index in [2.05, 4.69) is 31.2 Å². The van der Waals surface area contributed by atoms with Crippen molar-refractivity contribution in [2.75, 3.05) is 7.05 Å². The highest BCUT2D eigenvalue weighted by atomic mass is 16.1. The molecule has 0 N–H and O–H groups in total. The van der Waals surface area contributed by atoms with E-state index < -0.39 is 0 Å². The maximum absolute atomic E-state index is 11.1. The van der Waals surface area contributed by atoms with Crippen molar-refractivity contribution in [1.29, 1.82) is 0 Å². The molecule has 0 saturated carbocycles. The molecule has 2 nitrogen and oxygen atoms in total. The van der Waals surface area contributed by atoms with Crippen LogP contribution in [0.2, 0.25) is 0 Å². The molecule has 0 aliphatic heterocycles. The van der Waals surface area contributed by atoms with Gasteiger partial charge < -0.3 is 0 Å². The van der Waals surface area contributed by atoms with Crippen molar-refractivity contribution in [2.24, 2.45) is 0 Å². The Morgan fingerprint density at radius 2 is 2.11 bits per heavy atom. The summed E-state index contributed by atoms with van der Waals surface area (Å²) in [6.45, 7) is 10.4. The van der Waals surface area contributed by atoms with Gasteiger partial charge in [-0.25, -0.2) is 0 Å². The molecule has 1 atom stereocenters. The molecule has 0 aliphatic carbocycles. The molecule has 19 heavy (non-hydrogen) atoms. The Bertz CT molecular complexity index is 451. The van der Waals surface area contributed by atoms with Crippen molar-refractivity contribution < 1.29 is 4.79 Å². The van der Waals surface area contributed by atoms with Crippen LogP contribution in [0.4, 0.5) is 0 Å². The Hall–Kier alpha value is -1.67. The van der Waals surface area contributed by atoms with Crippen LogP contribution in [0.1, 0.15) is 34.3 Å². The lowest BCUT2D eigenvalue weighted by Crippen LogP contribution is -2.29.